The molecule has 96 valence electrons. The predicted molar refractivity (Wildman–Crippen MR) is 62.1 cm³/mol. The van der Waals surface area contributed by atoms with Crippen LogP contribution >= 0.6 is 0 Å². The monoisotopic (exact) mass is 254 g/mol. The van der Waals surface area contributed by atoms with Crippen LogP contribution in [0.15, 0.2) is 24.3 Å². The molecule has 0 bridgehead atoms. The maximum absolute atomic E-state index is 12.6. The van der Waals surface area contributed by atoms with Crippen molar-refractivity contribution in [3.05, 3.63) is 29.8 Å². The summed E-state index contributed by atoms with van der Waals surface area (Å²) in [6.45, 7) is 0.294. The highest BCUT2D eigenvalue weighted by atomic mass is 19.4. The van der Waals surface area contributed by atoms with Gasteiger partial charge in [0.1, 0.15) is 0 Å². The second-order valence-electron chi connectivity index (χ2n) is 4.40. The van der Waals surface area contributed by atoms with Crippen LogP contribution in [0.3, 0.4) is 0 Å². The van der Waals surface area contributed by atoms with Gasteiger partial charge >= 0.3 is 6.18 Å². The summed E-state index contributed by atoms with van der Waals surface area (Å²) in [6.07, 6.45) is -2.75. The lowest BCUT2D eigenvalue weighted by Crippen LogP contribution is -2.38. The van der Waals surface area contributed by atoms with E-state index in [9.17, 15) is 13.2 Å². The normalized spacial score (nSPS) is 16.9. The summed E-state index contributed by atoms with van der Waals surface area (Å²) < 4.78 is 37.8. The number of fused-ring (bicyclic) bond motifs is 1. The number of nitrogens with zero attached hydrogens (tertiary/aromatic N) is 2. The summed E-state index contributed by atoms with van der Waals surface area (Å²) >= 11 is 0. The van der Waals surface area contributed by atoms with Gasteiger partial charge in [0, 0.05) is 18.8 Å². The number of aryl methyl sites for hydroxylation is 1. The second kappa shape index (κ2) is 4.89. The molecule has 1 aliphatic heterocycles. The molecule has 1 aromatic rings. The quantitative estimate of drug-likeness (QED) is 0.810. The Labute approximate surface area is 104 Å². The van der Waals surface area contributed by atoms with Crippen molar-refractivity contribution < 1.29 is 13.2 Å². The molecular formula is C13H13F3N2. The highest BCUT2D eigenvalue weighted by Crippen LogP contribution is 2.31. The summed E-state index contributed by atoms with van der Waals surface area (Å²) in [4.78, 5) is 1.67. The number of hydrogen-bond acceptors (Lipinski definition) is 2. The Morgan fingerprint density at radius 3 is 2.72 bits per heavy atom. The Morgan fingerprint density at radius 1 is 1.33 bits per heavy atom. The zero-order valence-corrected chi connectivity index (χ0v) is 9.74. The molecule has 0 saturated heterocycles. The van der Waals surface area contributed by atoms with Crippen molar-refractivity contribution in [2.24, 2.45) is 5.92 Å². The molecule has 0 radical (unpaired) electrons. The van der Waals surface area contributed by atoms with Crippen molar-refractivity contribution in [3.8, 4) is 6.07 Å². The minimum Gasteiger partial charge on any atom is -0.370 e. The fourth-order valence-electron chi connectivity index (χ4n) is 2.24. The number of rotatable bonds is 2. The molecule has 1 atom stereocenters. The predicted octanol–water partition coefficient (Wildman–Crippen LogP) is 3.14. The molecule has 0 fully saturated rings. The lowest BCUT2D eigenvalue weighted by Gasteiger charge is -2.33. The number of alkyl halides is 3. The Kier molecular flexibility index (Phi) is 3.46. The number of para-hydroxylation sites is 1. The van der Waals surface area contributed by atoms with Crippen molar-refractivity contribution in [2.75, 3.05) is 18.0 Å². The van der Waals surface area contributed by atoms with E-state index in [0.29, 0.717) is 6.54 Å². The molecule has 1 unspecified atom stereocenters. The second-order valence-corrected chi connectivity index (χ2v) is 4.40. The van der Waals surface area contributed by atoms with E-state index in [1.165, 1.54) is 6.07 Å². The van der Waals surface area contributed by atoms with Crippen LogP contribution in [0, 0.1) is 17.2 Å². The lowest BCUT2D eigenvalue weighted by molar-refractivity contribution is -0.156. The summed E-state index contributed by atoms with van der Waals surface area (Å²) in [7, 11) is 0. The topological polar surface area (TPSA) is 27.0 Å². The first-order valence-corrected chi connectivity index (χ1v) is 5.81. The van der Waals surface area contributed by atoms with E-state index >= 15 is 0 Å². The molecule has 5 heteroatoms. The third-order valence-corrected chi connectivity index (χ3v) is 3.16. The van der Waals surface area contributed by atoms with E-state index in [2.05, 4.69) is 0 Å². The molecule has 0 saturated carbocycles. The SMILES string of the molecule is N#CC(CN1CCCc2ccccc21)C(F)(F)F. The molecule has 2 nitrogen and oxygen atoms in total. The molecule has 0 amide bonds. The molecule has 0 aliphatic carbocycles. The maximum Gasteiger partial charge on any atom is 0.406 e. The largest absolute Gasteiger partial charge is 0.406 e. The molecule has 1 heterocycles. The number of anilines is 1. The zero-order chi connectivity index (χ0) is 13.2. The summed E-state index contributed by atoms with van der Waals surface area (Å²) in [5.74, 6) is -1.93. The van der Waals surface area contributed by atoms with Crippen molar-refractivity contribution in [1.29, 1.82) is 5.26 Å². The summed E-state index contributed by atoms with van der Waals surface area (Å²) in [5.41, 5.74) is 1.89. The highest BCUT2D eigenvalue weighted by molar-refractivity contribution is 5.55. The summed E-state index contributed by atoms with van der Waals surface area (Å²) in [5, 5.41) is 8.64. The minimum absolute atomic E-state index is 0.281. The van der Waals surface area contributed by atoms with Gasteiger partial charge in [0.05, 0.1) is 6.07 Å². The van der Waals surface area contributed by atoms with Gasteiger partial charge in [-0.1, -0.05) is 18.2 Å². The first-order chi connectivity index (χ1) is 8.52. The average Bonchev–Trinajstić information content (AvgIpc) is 2.34. The summed E-state index contributed by atoms with van der Waals surface area (Å²) in [6, 6.07) is 8.79. The van der Waals surface area contributed by atoms with E-state index in [4.69, 9.17) is 5.26 Å². The van der Waals surface area contributed by atoms with Gasteiger partial charge < -0.3 is 4.90 Å². The zero-order valence-electron chi connectivity index (χ0n) is 9.74. The number of nitriles is 1. The molecule has 0 spiro atoms. The Hall–Kier alpha value is -1.70. The van der Waals surface area contributed by atoms with Crippen LogP contribution in [0.1, 0.15) is 12.0 Å². The lowest BCUT2D eigenvalue weighted by atomic mass is 10.00. The van der Waals surface area contributed by atoms with Crippen molar-refractivity contribution in [3.63, 3.8) is 0 Å². The Bertz CT molecular complexity index is 462. The van der Waals surface area contributed by atoms with E-state index in [0.717, 1.165) is 24.1 Å². The van der Waals surface area contributed by atoms with E-state index in [1.54, 1.807) is 4.90 Å². The van der Waals surface area contributed by atoms with Crippen molar-refractivity contribution in [2.45, 2.75) is 19.0 Å². The van der Waals surface area contributed by atoms with Gasteiger partial charge in [-0.15, -0.1) is 0 Å². The van der Waals surface area contributed by atoms with Gasteiger partial charge in [0.2, 0.25) is 0 Å². The van der Waals surface area contributed by atoms with Gasteiger partial charge in [-0.3, -0.25) is 0 Å². The molecule has 0 N–H and O–H groups in total. The number of benzene rings is 1. The first-order valence-electron chi connectivity index (χ1n) is 5.81. The van der Waals surface area contributed by atoms with Crippen LogP contribution in [-0.2, 0) is 6.42 Å². The van der Waals surface area contributed by atoms with Crippen LogP contribution in [0.4, 0.5) is 18.9 Å². The van der Waals surface area contributed by atoms with E-state index in [-0.39, 0.29) is 6.54 Å². The van der Waals surface area contributed by atoms with Gasteiger partial charge in [-0.05, 0) is 24.5 Å². The Morgan fingerprint density at radius 2 is 2.06 bits per heavy atom. The molecule has 1 aromatic carbocycles. The van der Waals surface area contributed by atoms with Gasteiger partial charge in [-0.2, -0.15) is 18.4 Å². The van der Waals surface area contributed by atoms with Crippen LogP contribution < -0.4 is 4.90 Å². The molecule has 2 rings (SSSR count). The smallest absolute Gasteiger partial charge is 0.370 e. The van der Waals surface area contributed by atoms with Gasteiger partial charge in [0.25, 0.3) is 0 Å². The van der Waals surface area contributed by atoms with E-state index in [1.807, 2.05) is 24.3 Å². The third kappa shape index (κ3) is 2.58. The van der Waals surface area contributed by atoms with Gasteiger partial charge in [-0.25, -0.2) is 0 Å². The standard InChI is InChI=1S/C13H13F3N2/c14-13(15,16)11(8-17)9-18-7-3-5-10-4-1-2-6-12(10)18/h1-2,4,6,11H,3,5,7,9H2. The van der Waals surface area contributed by atoms with Crippen LogP contribution in [0.5, 0.6) is 0 Å². The fraction of sp³-hybridized carbons (Fsp3) is 0.462. The van der Waals surface area contributed by atoms with Crippen LogP contribution in [0.2, 0.25) is 0 Å². The molecule has 18 heavy (non-hydrogen) atoms. The maximum atomic E-state index is 12.6. The molecular weight excluding hydrogens is 241 g/mol. The van der Waals surface area contributed by atoms with Crippen molar-refractivity contribution >= 4 is 5.69 Å². The molecule has 0 aromatic heterocycles. The third-order valence-electron chi connectivity index (χ3n) is 3.16. The van der Waals surface area contributed by atoms with Crippen LogP contribution in [0.25, 0.3) is 0 Å². The van der Waals surface area contributed by atoms with Gasteiger partial charge in [0.15, 0.2) is 5.92 Å². The Balaban J connectivity index is 2.19. The molecule has 1 aliphatic rings. The van der Waals surface area contributed by atoms with Crippen LogP contribution in [-0.4, -0.2) is 19.3 Å². The van der Waals surface area contributed by atoms with Crippen molar-refractivity contribution in [1.82, 2.24) is 0 Å². The highest BCUT2D eigenvalue weighted by Gasteiger charge is 2.41. The average molecular weight is 254 g/mol. The minimum atomic E-state index is -4.46. The number of halogens is 3. The first kappa shape index (κ1) is 12.7. The van der Waals surface area contributed by atoms with E-state index < -0.39 is 12.1 Å². The number of hydrogen-bond donors (Lipinski definition) is 0. The fourth-order valence-corrected chi connectivity index (χ4v) is 2.24.